The van der Waals surface area contributed by atoms with E-state index in [2.05, 4.69) is 0 Å². The normalized spacial score (nSPS) is 8.10. The summed E-state index contributed by atoms with van der Waals surface area (Å²) in [5.41, 5.74) is -0.339. The van der Waals surface area contributed by atoms with Crippen molar-refractivity contribution in [2.24, 2.45) is 0 Å². The molecular formula is C8H4K4O8S. The average molecular weight is 417 g/mol. The molecule has 1 aromatic rings. The Labute approximate surface area is 291 Å². The number of carboxylic acids is 2. The number of benzene rings is 1. The van der Waals surface area contributed by atoms with Gasteiger partial charge in [0.1, 0.15) is 0 Å². The minimum atomic E-state index is -5.17. The largest absolute Gasteiger partial charge is 1.00 e. The second kappa shape index (κ2) is 19.3. The van der Waals surface area contributed by atoms with Gasteiger partial charge in [-0.3, -0.25) is 8.42 Å². The molecule has 0 aromatic heterocycles. The summed E-state index contributed by atoms with van der Waals surface area (Å²) in [7, 11) is -5.17. The molecule has 0 unspecified atom stereocenters. The van der Waals surface area contributed by atoms with E-state index >= 15 is 0 Å². The van der Waals surface area contributed by atoms with E-state index in [0.29, 0.717) is 0 Å². The first kappa shape index (κ1) is 36.5. The number of carbonyl (C=O) groups is 2. The van der Waals surface area contributed by atoms with E-state index in [0.717, 1.165) is 6.07 Å². The molecule has 0 heterocycles. The van der Waals surface area contributed by atoms with Gasteiger partial charge in [-0.15, -0.1) is 0 Å². The van der Waals surface area contributed by atoms with Crippen LogP contribution in [0.25, 0.3) is 0 Å². The van der Waals surface area contributed by atoms with Gasteiger partial charge in [0.2, 0.25) is 0 Å². The number of carboxylic acid groups (broad SMARTS) is 2. The predicted octanol–water partition coefficient (Wildman–Crippen LogP) is -14.9. The summed E-state index contributed by atoms with van der Waals surface area (Å²) >= 11 is 0. The van der Waals surface area contributed by atoms with Crippen molar-refractivity contribution in [2.45, 2.75) is 0 Å². The molecular weight excluding hydrogens is 413 g/mol. The molecule has 0 atom stereocenters. The van der Waals surface area contributed by atoms with E-state index in [-0.39, 0.29) is 217 Å². The standard InChI is InChI=1S/C8H6O4.4K.H2O4S/c9-7(10)5-2-1-3-6(4-5)8(11)12;;;;;1-5(2,3)4/h1-4H,(H,9,10)(H,11,12);;;;;(H2,1,2,3,4)/q;4*+1;/p-4. The molecule has 0 spiro atoms. The molecule has 0 aliphatic heterocycles. The fourth-order valence-corrected chi connectivity index (χ4v) is 0.773. The van der Waals surface area contributed by atoms with Gasteiger partial charge >= 0.3 is 206 Å². The van der Waals surface area contributed by atoms with Crippen LogP contribution in [0.1, 0.15) is 20.7 Å². The summed E-state index contributed by atoms with van der Waals surface area (Å²) < 4.78 is 34.1. The molecule has 0 saturated carbocycles. The molecule has 0 aliphatic rings. The Morgan fingerprint density at radius 3 is 1.24 bits per heavy atom. The van der Waals surface area contributed by atoms with Gasteiger partial charge in [0.05, 0.1) is 11.9 Å². The Kier molecular flexibility index (Phi) is 33.6. The van der Waals surface area contributed by atoms with Crippen LogP contribution in [0.5, 0.6) is 0 Å². The van der Waals surface area contributed by atoms with Crippen LogP contribution in [0.15, 0.2) is 24.3 Å². The smallest absolute Gasteiger partial charge is 0.759 e. The van der Waals surface area contributed by atoms with E-state index in [9.17, 15) is 19.8 Å². The first-order valence-corrected chi connectivity index (χ1v) is 5.14. The van der Waals surface area contributed by atoms with Crippen LogP contribution in [0, 0.1) is 0 Å². The third-order valence-corrected chi connectivity index (χ3v) is 1.33. The molecule has 0 fully saturated rings. The van der Waals surface area contributed by atoms with Gasteiger partial charge in [0.15, 0.2) is 0 Å². The predicted molar refractivity (Wildman–Crippen MR) is 45.6 cm³/mol. The third kappa shape index (κ3) is 24.6. The summed E-state index contributed by atoms with van der Waals surface area (Å²) in [6, 6.07) is 4.81. The van der Waals surface area contributed by atoms with Crippen LogP contribution in [-0.4, -0.2) is 29.5 Å². The first-order valence-electron chi connectivity index (χ1n) is 3.80. The second-order valence-corrected chi connectivity index (χ2v) is 3.38. The third-order valence-electron chi connectivity index (χ3n) is 1.33. The van der Waals surface area contributed by atoms with Gasteiger partial charge in [-0.25, -0.2) is 0 Å². The van der Waals surface area contributed by atoms with Gasteiger partial charge in [-0.05, 0) is 17.2 Å². The fraction of sp³-hybridized carbons (Fsp3) is 0. The molecule has 21 heavy (non-hydrogen) atoms. The van der Waals surface area contributed by atoms with Gasteiger partial charge in [-0.2, -0.15) is 0 Å². The van der Waals surface area contributed by atoms with Gasteiger partial charge < -0.3 is 28.9 Å². The van der Waals surface area contributed by atoms with E-state index in [1.165, 1.54) is 18.2 Å². The molecule has 0 aliphatic carbocycles. The number of hydrogen-bond acceptors (Lipinski definition) is 8. The minimum Gasteiger partial charge on any atom is -0.759 e. The molecule has 0 radical (unpaired) electrons. The summed E-state index contributed by atoms with van der Waals surface area (Å²) in [4.78, 5) is 20.5. The van der Waals surface area contributed by atoms with E-state index < -0.39 is 22.3 Å². The number of aromatic carboxylic acids is 2. The Hall–Kier alpha value is 4.58. The molecule has 0 saturated heterocycles. The molecule has 1 rings (SSSR count). The maximum absolute atomic E-state index is 10.3. The second-order valence-electron chi connectivity index (χ2n) is 2.56. The Bertz CT molecular complexity index is 496. The van der Waals surface area contributed by atoms with Crippen molar-refractivity contribution in [3.8, 4) is 0 Å². The zero-order chi connectivity index (χ0) is 13.6. The van der Waals surface area contributed by atoms with Crippen LogP contribution in [0.2, 0.25) is 0 Å². The number of carbonyl (C=O) groups excluding carboxylic acids is 2. The SMILES string of the molecule is O=C([O-])c1cccc(C(=O)[O-])c1.O=S(=O)([O-])[O-].[K+].[K+].[K+].[K+]. The van der Waals surface area contributed by atoms with E-state index in [1.807, 2.05) is 0 Å². The molecule has 94 valence electrons. The maximum Gasteiger partial charge on any atom is 1.00 e. The zero-order valence-corrected chi connectivity index (χ0v) is 25.3. The summed E-state index contributed by atoms with van der Waals surface area (Å²) in [6.07, 6.45) is 0. The van der Waals surface area contributed by atoms with Crippen LogP contribution >= 0.6 is 0 Å². The van der Waals surface area contributed by atoms with Crippen molar-refractivity contribution >= 4 is 22.3 Å². The van der Waals surface area contributed by atoms with E-state index in [1.54, 1.807) is 0 Å². The molecule has 1 aromatic carbocycles. The topological polar surface area (TPSA) is 161 Å². The van der Waals surface area contributed by atoms with Crippen molar-refractivity contribution in [3.05, 3.63) is 35.4 Å². The van der Waals surface area contributed by atoms with Crippen LogP contribution in [-0.2, 0) is 10.4 Å². The summed E-state index contributed by atoms with van der Waals surface area (Å²) in [6.45, 7) is 0. The van der Waals surface area contributed by atoms with Crippen molar-refractivity contribution in [3.63, 3.8) is 0 Å². The molecule has 0 bridgehead atoms. The van der Waals surface area contributed by atoms with Gasteiger partial charge in [-0.1, -0.05) is 18.2 Å². The minimum absolute atomic E-state index is 0. The Balaban J connectivity index is -0.0000000844. The Morgan fingerprint density at radius 1 is 0.810 bits per heavy atom. The monoisotopic (exact) mass is 416 g/mol. The van der Waals surface area contributed by atoms with Crippen molar-refractivity contribution in [2.75, 3.05) is 0 Å². The molecule has 8 nitrogen and oxygen atoms in total. The van der Waals surface area contributed by atoms with Crippen LogP contribution in [0.4, 0.5) is 0 Å². The summed E-state index contributed by atoms with van der Waals surface area (Å²) in [5, 5.41) is 20.5. The first-order chi connectivity index (χ1) is 7.61. The zero-order valence-electron chi connectivity index (χ0n) is 12.0. The number of hydrogen-bond donors (Lipinski definition) is 0. The van der Waals surface area contributed by atoms with Gasteiger partial charge in [0, 0.05) is 10.4 Å². The molecule has 13 heteroatoms. The van der Waals surface area contributed by atoms with Crippen molar-refractivity contribution in [1.29, 1.82) is 0 Å². The van der Waals surface area contributed by atoms with Crippen LogP contribution in [0.3, 0.4) is 0 Å². The maximum atomic E-state index is 10.3. The van der Waals surface area contributed by atoms with E-state index in [4.69, 9.17) is 17.5 Å². The summed E-state index contributed by atoms with van der Waals surface area (Å²) in [5.74, 6) is -2.81. The number of rotatable bonds is 2. The Morgan fingerprint density at radius 2 is 1.05 bits per heavy atom. The van der Waals surface area contributed by atoms with Crippen LogP contribution < -0.4 is 216 Å². The quantitative estimate of drug-likeness (QED) is 0.261. The van der Waals surface area contributed by atoms with Gasteiger partial charge in [0.25, 0.3) is 0 Å². The van der Waals surface area contributed by atoms with Crippen molar-refractivity contribution in [1.82, 2.24) is 0 Å². The average Bonchev–Trinajstić information content (AvgIpc) is 2.15. The fourth-order valence-electron chi connectivity index (χ4n) is 0.773. The molecule has 0 amide bonds. The molecule has 0 N–H and O–H groups in total. The van der Waals surface area contributed by atoms with Crippen molar-refractivity contribution < 1.29 is 243 Å².